The van der Waals surface area contributed by atoms with Gasteiger partial charge in [0, 0.05) is 24.8 Å². The van der Waals surface area contributed by atoms with Crippen LogP contribution in [0.5, 0.6) is 11.5 Å². The van der Waals surface area contributed by atoms with Gasteiger partial charge >= 0.3 is 11.9 Å². The number of carbonyl (C=O) groups is 2. The van der Waals surface area contributed by atoms with Gasteiger partial charge in [-0.1, -0.05) is 6.07 Å². The van der Waals surface area contributed by atoms with Gasteiger partial charge in [0.25, 0.3) is 0 Å². The number of carbonyl (C=O) groups excluding carboxylic acids is 2. The Hall–Kier alpha value is -3.58. The normalized spacial score (nSPS) is 10.3. The molecule has 2 heterocycles. The van der Waals surface area contributed by atoms with Gasteiger partial charge in [0.15, 0.2) is 11.5 Å². The molecule has 0 radical (unpaired) electrons. The lowest BCUT2D eigenvalue weighted by molar-refractivity contribution is 0.0681. The summed E-state index contributed by atoms with van der Waals surface area (Å²) in [6.45, 7) is 0.435. The van der Waals surface area contributed by atoms with Crippen LogP contribution in [0.2, 0.25) is 0 Å². The Morgan fingerprint density at radius 1 is 0.852 bits per heavy atom. The van der Waals surface area contributed by atoms with Crippen molar-refractivity contribution in [3.05, 3.63) is 83.9 Å². The predicted molar refractivity (Wildman–Crippen MR) is 97.6 cm³/mol. The minimum atomic E-state index is -0.605. The van der Waals surface area contributed by atoms with E-state index >= 15 is 0 Å². The first-order chi connectivity index (χ1) is 13.2. The molecule has 0 saturated heterocycles. The van der Waals surface area contributed by atoms with Crippen molar-refractivity contribution in [1.29, 1.82) is 0 Å². The van der Waals surface area contributed by atoms with Gasteiger partial charge in [0.1, 0.15) is 0 Å². The summed E-state index contributed by atoms with van der Waals surface area (Å²) in [5.41, 5.74) is 7.01. The van der Waals surface area contributed by atoms with Crippen molar-refractivity contribution < 1.29 is 19.1 Å². The molecule has 136 valence electrons. The number of esters is 2. The van der Waals surface area contributed by atoms with E-state index < -0.39 is 11.9 Å². The zero-order chi connectivity index (χ0) is 19.1. The molecular weight excluding hydrogens is 346 g/mol. The second-order valence-electron chi connectivity index (χ2n) is 5.58. The fourth-order valence-corrected chi connectivity index (χ4v) is 2.32. The smallest absolute Gasteiger partial charge is 0.345 e. The number of nitrogens with two attached hydrogens (primary N) is 1. The quantitative estimate of drug-likeness (QED) is 0.530. The van der Waals surface area contributed by atoms with Crippen LogP contribution in [0.25, 0.3) is 0 Å². The van der Waals surface area contributed by atoms with Gasteiger partial charge in [-0.3, -0.25) is 9.97 Å². The van der Waals surface area contributed by atoms with E-state index in [4.69, 9.17) is 15.2 Å². The fourth-order valence-electron chi connectivity index (χ4n) is 2.32. The molecular formula is C20H17N3O4. The zero-order valence-electron chi connectivity index (χ0n) is 14.4. The Morgan fingerprint density at radius 2 is 1.44 bits per heavy atom. The van der Waals surface area contributed by atoms with Gasteiger partial charge in [-0.2, -0.15) is 0 Å². The Kier molecular flexibility index (Phi) is 5.86. The van der Waals surface area contributed by atoms with Crippen molar-refractivity contribution in [2.24, 2.45) is 5.73 Å². The van der Waals surface area contributed by atoms with Gasteiger partial charge in [-0.25, -0.2) is 9.59 Å². The standard InChI is InChI=1S/C20H17N3O4/c21-8-7-14-5-6-17(26-19(24)15-3-1-9-22-12-15)18(11-14)27-20(25)16-4-2-10-23-13-16/h1-6,9-13H,7-8,21H2. The lowest BCUT2D eigenvalue weighted by Crippen LogP contribution is -2.13. The summed E-state index contributed by atoms with van der Waals surface area (Å²) in [6.07, 6.45) is 6.49. The second-order valence-corrected chi connectivity index (χ2v) is 5.58. The van der Waals surface area contributed by atoms with Crippen LogP contribution >= 0.6 is 0 Å². The molecule has 0 aliphatic carbocycles. The highest BCUT2D eigenvalue weighted by Crippen LogP contribution is 2.30. The van der Waals surface area contributed by atoms with Crippen LogP contribution < -0.4 is 15.2 Å². The number of benzene rings is 1. The lowest BCUT2D eigenvalue weighted by Gasteiger charge is -2.12. The van der Waals surface area contributed by atoms with Crippen LogP contribution in [-0.4, -0.2) is 28.5 Å². The van der Waals surface area contributed by atoms with Crippen LogP contribution in [0.15, 0.2) is 67.3 Å². The Bertz CT molecular complexity index is 930. The van der Waals surface area contributed by atoms with E-state index in [2.05, 4.69) is 9.97 Å². The van der Waals surface area contributed by atoms with Gasteiger partial charge in [0.05, 0.1) is 11.1 Å². The molecule has 2 aromatic heterocycles. The molecule has 27 heavy (non-hydrogen) atoms. The Balaban J connectivity index is 1.86. The average molecular weight is 363 g/mol. The number of aromatic nitrogens is 2. The van der Waals surface area contributed by atoms with Crippen LogP contribution in [0.4, 0.5) is 0 Å². The predicted octanol–water partition coefficient (Wildman–Crippen LogP) is 2.42. The van der Waals surface area contributed by atoms with Crippen molar-refractivity contribution >= 4 is 11.9 Å². The molecule has 0 aliphatic heterocycles. The number of nitrogens with zero attached hydrogens (tertiary/aromatic N) is 2. The molecule has 0 spiro atoms. The van der Waals surface area contributed by atoms with Crippen molar-refractivity contribution in [3.8, 4) is 11.5 Å². The number of hydrogen-bond acceptors (Lipinski definition) is 7. The maximum absolute atomic E-state index is 12.4. The van der Waals surface area contributed by atoms with Gasteiger partial charge in [0.2, 0.25) is 0 Å². The minimum absolute atomic E-state index is 0.127. The van der Waals surface area contributed by atoms with Gasteiger partial charge < -0.3 is 15.2 Å². The van der Waals surface area contributed by atoms with Gasteiger partial charge in [-0.05, 0) is 54.9 Å². The van der Waals surface area contributed by atoms with E-state index in [1.807, 2.05) is 0 Å². The lowest BCUT2D eigenvalue weighted by atomic mass is 10.1. The summed E-state index contributed by atoms with van der Waals surface area (Å²) in [5, 5.41) is 0. The van der Waals surface area contributed by atoms with Crippen molar-refractivity contribution in [2.45, 2.75) is 6.42 Å². The largest absolute Gasteiger partial charge is 0.419 e. The second kappa shape index (κ2) is 8.68. The van der Waals surface area contributed by atoms with Crippen molar-refractivity contribution in [2.75, 3.05) is 6.54 Å². The highest BCUT2D eigenvalue weighted by molar-refractivity contribution is 5.92. The van der Waals surface area contributed by atoms with Crippen LogP contribution in [0.3, 0.4) is 0 Å². The SMILES string of the molecule is NCCc1ccc(OC(=O)c2cccnc2)c(OC(=O)c2cccnc2)c1. The number of pyridine rings is 2. The summed E-state index contributed by atoms with van der Waals surface area (Å²) in [6, 6.07) is 11.4. The first-order valence-corrected chi connectivity index (χ1v) is 8.25. The third-order valence-corrected chi connectivity index (χ3v) is 3.64. The van der Waals surface area contributed by atoms with Crippen LogP contribution in [0.1, 0.15) is 26.3 Å². The molecule has 1 aromatic carbocycles. The minimum Gasteiger partial charge on any atom is -0.419 e. The first kappa shape index (κ1) is 18.2. The average Bonchev–Trinajstić information content (AvgIpc) is 2.71. The Morgan fingerprint density at radius 3 is 1.96 bits per heavy atom. The van der Waals surface area contributed by atoms with Gasteiger partial charge in [-0.15, -0.1) is 0 Å². The van der Waals surface area contributed by atoms with Crippen molar-refractivity contribution in [3.63, 3.8) is 0 Å². The molecule has 0 unspecified atom stereocenters. The molecule has 3 rings (SSSR count). The third kappa shape index (κ3) is 4.74. The number of hydrogen-bond donors (Lipinski definition) is 1. The van der Waals surface area contributed by atoms with E-state index in [9.17, 15) is 9.59 Å². The van der Waals surface area contributed by atoms with Crippen LogP contribution in [-0.2, 0) is 6.42 Å². The number of rotatable bonds is 6. The van der Waals surface area contributed by atoms with Crippen LogP contribution in [0, 0.1) is 0 Å². The van der Waals surface area contributed by atoms with E-state index in [0.29, 0.717) is 13.0 Å². The zero-order valence-corrected chi connectivity index (χ0v) is 14.4. The highest BCUT2D eigenvalue weighted by atomic mass is 16.6. The molecule has 0 bridgehead atoms. The fraction of sp³-hybridized carbons (Fsp3) is 0.100. The highest BCUT2D eigenvalue weighted by Gasteiger charge is 2.17. The van der Waals surface area contributed by atoms with E-state index in [-0.39, 0.29) is 22.6 Å². The van der Waals surface area contributed by atoms with E-state index in [0.717, 1.165) is 5.56 Å². The first-order valence-electron chi connectivity index (χ1n) is 8.25. The van der Waals surface area contributed by atoms with Crippen molar-refractivity contribution in [1.82, 2.24) is 9.97 Å². The molecule has 3 aromatic rings. The molecule has 7 nitrogen and oxygen atoms in total. The summed E-state index contributed by atoms with van der Waals surface area (Å²) in [4.78, 5) is 32.4. The number of ether oxygens (including phenoxy) is 2. The monoisotopic (exact) mass is 363 g/mol. The maximum atomic E-state index is 12.4. The maximum Gasteiger partial charge on any atom is 0.345 e. The Labute approximate surface area is 155 Å². The van der Waals surface area contributed by atoms with E-state index in [1.54, 1.807) is 54.9 Å². The molecule has 0 aliphatic rings. The summed E-state index contributed by atoms with van der Waals surface area (Å²) >= 11 is 0. The third-order valence-electron chi connectivity index (χ3n) is 3.64. The molecule has 0 saturated carbocycles. The van der Waals surface area contributed by atoms with E-state index in [1.165, 1.54) is 12.4 Å². The molecule has 7 heteroatoms. The summed E-state index contributed by atoms with van der Waals surface area (Å²) in [5.74, 6) is -0.950. The molecule has 0 atom stereocenters. The topological polar surface area (TPSA) is 104 Å². The molecule has 0 amide bonds. The summed E-state index contributed by atoms with van der Waals surface area (Å²) < 4.78 is 10.8. The molecule has 0 fully saturated rings. The molecule has 2 N–H and O–H groups in total. The summed E-state index contributed by atoms with van der Waals surface area (Å²) in [7, 11) is 0.